The van der Waals surface area contributed by atoms with Crippen LogP contribution in [0.15, 0.2) is 10.6 Å². The van der Waals surface area contributed by atoms with Crippen molar-refractivity contribution in [1.29, 1.82) is 0 Å². The molecule has 1 amide bonds. The average Bonchev–Trinajstić information content (AvgIpc) is 2.93. The molecule has 0 unspecified atom stereocenters. The first-order valence-electron chi connectivity index (χ1n) is 8.18. The molecule has 122 valence electrons. The fourth-order valence-electron chi connectivity index (χ4n) is 3.33. The highest BCUT2D eigenvalue weighted by Gasteiger charge is 2.33. The summed E-state index contributed by atoms with van der Waals surface area (Å²) in [4.78, 5) is 17.0. The van der Waals surface area contributed by atoms with Crippen molar-refractivity contribution in [1.82, 2.24) is 15.0 Å². The lowest BCUT2D eigenvalue weighted by molar-refractivity contribution is -0.145. The smallest absolute Gasteiger partial charge is 0.228 e. The summed E-state index contributed by atoms with van der Waals surface area (Å²) in [7, 11) is 0. The molecule has 0 spiro atoms. The van der Waals surface area contributed by atoms with Crippen LogP contribution in [0.4, 0.5) is 0 Å². The summed E-state index contributed by atoms with van der Waals surface area (Å²) >= 11 is 0. The second kappa shape index (κ2) is 6.79. The molecule has 2 saturated heterocycles. The number of carbonyl (C=O) groups is 1. The quantitative estimate of drug-likeness (QED) is 0.846. The fourth-order valence-corrected chi connectivity index (χ4v) is 3.33. The van der Waals surface area contributed by atoms with E-state index >= 15 is 0 Å². The standard InChI is InChI=1S/C16H25N3O3/c1-12-10-14(17-22-12)11-18-5-7-19(8-6-18)16(20)15-4-3-9-21-13(15)2/h10,13,15H,3-9,11H2,1-2H3/t13-,15+/m0/s1. The Morgan fingerprint density at radius 1 is 1.36 bits per heavy atom. The van der Waals surface area contributed by atoms with Gasteiger partial charge in [0.15, 0.2) is 0 Å². The van der Waals surface area contributed by atoms with Gasteiger partial charge in [0, 0.05) is 45.4 Å². The molecule has 6 heteroatoms. The lowest BCUT2D eigenvalue weighted by atomic mass is 9.93. The zero-order valence-corrected chi connectivity index (χ0v) is 13.5. The third kappa shape index (κ3) is 3.50. The number of nitrogens with zero attached hydrogens (tertiary/aromatic N) is 3. The third-order valence-corrected chi connectivity index (χ3v) is 4.67. The van der Waals surface area contributed by atoms with Crippen molar-refractivity contribution >= 4 is 5.91 Å². The summed E-state index contributed by atoms with van der Waals surface area (Å²) < 4.78 is 10.7. The predicted octanol–water partition coefficient (Wildman–Crippen LogP) is 1.44. The van der Waals surface area contributed by atoms with Crippen LogP contribution in [0.2, 0.25) is 0 Å². The molecule has 6 nitrogen and oxygen atoms in total. The van der Waals surface area contributed by atoms with Gasteiger partial charge in [-0.25, -0.2) is 0 Å². The van der Waals surface area contributed by atoms with E-state index in [2.05, 4.69) is 10.1 Å². The lowest BCUT2D eigenvalue weighted by Gasteiger charge is -2.38. The first-order chi connectivity index (χ1) is 10.6. The zero-order chi connectivity index (χ0) is 15.5. The van der Waals surface area contributed by atoms with Gasteiger partial charge in [0.25, 0.3) is 0 Å². The van der Waals surface area contributed by atoms with Gasteiger partial charge >= 0.3 is 0 Å². The van der Waals surface area contributed by atoms with Gasteiger partial charge < -0.3 is 14.2 Å². The highest BCUT2D eigenvalue weighted by molar-refractivity contribution is 5.79. The van der Waals surface area contributed by atoms with Crippen LogP contribution in [0.25, 0.3) is 0 Å². The predicted molar refractivity (Wildman–Crippen MR) is 81.2 cm³/mol. The van der Waals surface area contributed by atoms with Gasteiger partial charge in [-0.1, -0.05) is 5.16 Å². The first kappa shape index (κ1) is 15.5. The number of aromatic nitrogens is 1. The minimum Gasteiger partial charge on any atom is -0.378 e. The van der Waals surface area contributed by atoms with Crippen molar-refractivity contribution in [2.45, 2.75) is 39.3 Å². The number of ether oxygens (including phenoxy) is 1. The fraction of sp³-hybridized carbons (Fsp3) is 0.750. The Morgan fingerprint density at radius 3 is 2.77 bits per heavy atom. The molecule has 2 aliphatic heterocycles. The molecule has 3 rings (SSSR count). The first-order valence-corrected chi connectivity index (χ1v) is 8.18. The van der Waals surface area contributed by atoms with Gasteiger partial charge in [-0.3, -0.25) is 9.69 Å². The normalized spacial score (nSPS) is 27.1. The molecule has 0 N–H and O–H groups in total. The van der Waals surface area contributed by atoms with Crippen LogP contribution in [0.1, 0.15) is 31.2 Å². The molecule has 1 aromatic rings. The van der Waals surface area contributed by atoms with Crippen LogP contribution in [0, 0.1) is 12.8 Å². The molecular weight excluding hydrogens is 282 g/mol. The van der Waals surface area contributed by atoms with Crippen molar-refractivity contribution in [3.63, 3.8) is 0 Å². The number of hydrogen-bond acceptors (Lipinski definition) is 5. The van der Waals surface area contributed by atoms with E-state index in [1.54, 1.807) is 0 Å². The molecule has 1 aromatic heterocycles. The Labute approximate surface area is 131 Å². The number of rotatable bonds is 3. The molecule has 22 heavy (non-hydrogen) atoms. The van der Waals surface area contributed by atoms with Gasteiger partial charge in [-0.2, -0.15) is 0 Å². The maximum atomic E-state index is 12.6. The van der Waals surface area contributed by atoms with Crippen molar-refractivity contribution in [2.24, 2.45) is 5.92 Å². The number of piperazine rings is 1. The van der Waals surface area contributed by atoms with Gasteiger partial charge in [0.2, 0.25) is 5.91 Å². The van der Waals surface area contributed by atoms with E-state index in [0.717, 1.165) is 63.6 Å². The molecule has 2 fully saturated rings. The summed E-state index contributed by atoms with van der Waals surface area (Å²) in [6, 6.07) is 1.97. The van der Waals surface area contributed by atoms with Gasteiger partial charge in [0.05, 0.1) is 17.7 Å². The largest absolute Gasteiger partial charge is 0.378 e. The molecule has 2 atom stereocenters. The van der Waals surface area contributed by atoms with Crippen molar-refractivity contribution in [3.8, 4) is 0 Å². The molecule has 0 saturated carbocycles. The summed E-state index contributed by atoms with van der Waals surface area (Å²) in [6.45, 7) is 8.86. The maximum Gasteiger partial charge on any atom is 0.228 e. The second-order valence-corrected chi connectivity index (χ2v) is 6.35. The second-order valence-electron chi connectivity index (χ2n) is 6.35. The molecule has 2 aliphatic rings. The van der Waals surface area contributed by atoms with Gasteiger partial charge in [-0.15, -0.1) is 0 Å². The van der Waals surface area contributed by atoms with E-state index in [4.69, 9.17) is 9.26 Å². The van der Waals surface area contributed by atoms with Crippen molar-refractivity contribution in [2.75, 3.05) is 32.8 Å². The van der Waals surface area contributed by atoms with Gasteiger partial charge in [-0.05, 0) is 26.7 Å². The summed E-state index contributed by atoms with van der Waals surface area (Å²) in [5, 5.41) is 4.03. The van der Waals surface area contributed by atoms with E-state index in [-0.39, 0.29) is 17.9 Å². The summed E-state index contributed by atoms with van der Waals surface area (Å²) in [5.74, 6) is 1.15. The summed E-state index contributed by atoms with van der Waals surface area (Å²) in [5.41, 5.74) is 0.964. The topological polar surface area (TPSA) is 58.8 Å². The van der Waals surface area contributed by atoms with E-state index in [1.807, 2.05) is 24.8 Å². The number of amides is 1. The Morgan fingerprint density at radius 2 is 2.14 bits per heavy atom. The number of carbonyl (C=O) groups excluding carboxylic acids is 1. The molecule has 0 radical (unpaired) electrons. The maximum absolute atomic E-state index is 12.6. The Hall–Kier alpha value is -1.40. The van der Waals surface area contributed by atoms with E-state index < -0.39 is 0 Å². The van der Waals surface area contributed by atoms with Crippen LogP contribution in [-0.4, -0.2) is 59.8 Å². The molecular formula is C16H25N3O3. The lowest BCUT2D eigenvalue weighted by Crippen LogP contribution is -2.52. The Balaban J connectivity index is 1.49. The highest BCUT2D eigenvalue weighted by atomic mass is 16.5. The zero-order valence-electron chi connectivity index (χ0n) is 13.5. The van der Waals surface area contributed by atoms with E-state index in [0.29, 0.717) is 0 Å². The van der Waals surface area contributed by atoms with Crippen LogP contribution >= 0.6 is 0 Å². The van der Waals surface area contributed by atoms with Gasteiger partial charge in [0.1, 0.15) is 5.76 Å². The highest BCUT2D eigenvalue weighted by Crippen LogP contribution is 2.23. The Kier molecular flexibility index (Phi) is 4.78. The van der Waals surface area contributed by atoms with E-state index in [9.17, 15) is 4.79 Å². The molecule has 0 aromatic carbocycles. The van der Waals surface area contributed by atoms with Crippen LogP contribution in [-0.2, 0) is 16.1 Å². The minimum atomic E-state index is 0.0403. The van der Waals surface area contributed by atoms with Crippen LogP contribution < -0.4 is 0 Å². The minimum absolute atomic E-state index is 0.0403. The van der Waals surface area contributed by atoms with Crippen LogP contribution in [0.3, 0.4) is 0 Å². The average molecular weight is 307 g/mol. The van der Waals surface area contributed by atoms with E-state index in [1.165, 1.54) is 0 Å². The third-order valence-electron chi connectivity index (χ3n) is 4.67. The summed E-state index contributed by atoms with van der Waals surface area (Å²) in [6.07, 6.45) is 2.00. The van der Waals surface area contributed by atoms with Crippen molar-refractivity contribution < 1.29 is 14.1 Å². The number of aryl methyl sites for hydroxylation is 1. The SMILES string of the molecule is Cc1cc(CN2CCN(C(=O)[C@@H]3CCCO[C@H]3C)CC2)no1. The van der Waals surface area contributed by atoms with Crippen molar-refractivity contribution in [3.05, 3.63) is 17.5 Å². The monoisotopic (exact) mass is 307 g/mol. The molecule has 3 heterocycles. The van der Waals surface area contributed by atoms with Crippen LogP contribution in [0.5, 0.6) is 0 Å². The number of hydrogen-bond donors (Lipinski definition) is 0. The Bertz CT molecular complexity index is 508. The molecule has 0 bridgehead atoms. The molecule has 0 aliphatic carbocycles.